The quantitative estimate of drug-likeness (QED) is 0.529. The molecule has 28 heavy (non-hydrogen) atoms. The predicted molar refractivity (Wildman–Crippen MR) is 110 cm³/mol. The Morgan fingerprint density at radius 2 is 1.82 bits per heavy atom. The topological polar surface area (TPSA) is 108 Å². The van der Waals surface area contributed by atoms with E-state index in [1.807, 2.05) is 17.5 Å². The molecule has 1 heterocycles. The highest BCUT2D eigenvalue weighted by atomic mass is 32.2. The zero-order chi connectivity index (χ0) is 20.7. The Labute approximate surface area is 169 Å². The van der Waals surface area contributed by atoms with Gasteiger partial charge in [-0.3, -0.25) is 9.59 Å². The van der Waals surface area contributed by atoms with E-state index >= 15 is 0 Å². The van der Waals surface area contributed by atoms with Crippen LogP contribution in [0.25, 0.3) is 0 Å². The van der Waals surface area contributed by atoms with Gasteiger partial charge in [0.1, 0.15) is 0 Å². The van der Waals surface area contributed by atoms with Gasteiger partial charge in [0.2, 0.25) is 15.9 Å². The van der Waals surface area contributed by atoms with E-state index in [-0.39, 0.29) is 22.9 Å². The molecule has 0 aliphatic carbocycles. The van der Waals surface area contributed by atoms with Crippen LogP contribution in [0.3, 0.4) is 0 Å². The molecule has 0 saturated carbocycles. The summed E-state index contributed by atoms with van der Waals surface area (Å²) in [5.74, 6) is -0.603. The molecule has 0 saturated heterocycles. The lowest BCUT2D eigenvalue weighted by atomic mass is 10.2. The summed E-state index contributed by atoms with van der Waals surface area (Å²) in [6.45, 7) is 2.44. The number of amides is 2. The van der Waals surface area contributed by atoms with Gasteiger partial charge in [0, 0.05) is 56.8 Å². The van der Waals surface area contributed by atoms with Crippen molar-refractivity contribution >= 4 is 38.9 Å². The Balaban J connectivity index is 2.23. The van der Waals surface area contributed by atoms with Gasteiger partial charge in [-0.1, -0.05) is 6.07 Å². The molecule has 152 valence electrons. The number of hydrogen-bond acceptors (Lipinski definition) is 6. The maximum absolute atomic E-state index is 12.5. The highest BCUT2D eigenvalue weighted by Crippen LogP contribution is 2.22. The Morgan fingerprint density at radius 3 is 2.43 bits per heavy atom. The SMILES string of the molecule is CC(=O)NCCNC(=O)c1cc(NCc2cccs2)cc(S(=O)(=O)N(C)C)c1. The van der Waals surface area contributed by atoms with E-state index in [1.165, 1.54) is 33.2 Å². The Hall–Kier alpha value is -2.43. The number of anilines is 1. The molecule has 1 aromatic heterocycles. The fourth-order valence-electron chi connectivity index (χ4n) is 2.31. The molecule has 0 unspecified atom stereocenters. The molecular weight excluding hydrogens is 400 g/mol. The molecule has 2 rings (SSSR count). The molecule has 2 aromatic rings. The third kappa shape index (κ3) is 6.04. The van der Waals surface area contributed by atoms with Gasteiger partial charge >= 0.3 is 0 Å². The molecule has 0 aliphatic heterocycles. The van der Waals surface area contributed by atoms with Gasteiger partial charge in [0.15, 0.2) is 0 Å². The van der Waals surface area contributed by atoms with Gasteiger partial charge in [-0.05, 0) is 29.6 Å². The van der Waals surface area contributed by atoms with Crippen LogP contribution in [-0.2, 0) is 21.4 Å². The number of nitrogens with zero attached hydrogens (tertiary/aromatic N) is 1. The van der Waals surface area contributed by atoms with E-state index in [4.69, 9.17) is 0 Å². The third-order valence-corrected chi connectivity index (χ3v) is 6.45. The highest BCUT2D eigenvalue weighted by molar-refractivity contribution is 7.89. The van der Waals surface area contributed by atoms with Crippen molar-refractivity contribution in [2.24, 2.45) is 0 Å². The third-order valence-electron chi connectivity index (χ3n) is 3.78. The monoisotopic (exact) mass is 424 g/mol. The molecule has 0 spiro atoms. The minimum atomic E-state index is -3.70. The molecule has 8 nitrogen and oxygen atoms in total. The first-order valence-corrected chi connectivity index (χ1v) is 10.9. The number of carbonyl (C=O) groups excluding carboxylic acids is 2. The Bertz CT molecular complexity index is 925. The van der Waals surface area contributed by atoms with Crippen molar-refractivity contribution in [3.05, 3.63) is 46.2 Å². The number of benzene rings is 1. The van der Waals surface area contributed by atoms with Crippen LogP contribution >= 0.6 is 11.3 Å². The van der Waals surface area contributed by atoms with Gasteiger partial charge in [0.05, 0.1) is 4.90 Å². The zero-order valence-corrected chi connectivity index (χ0v) is 17.6. The molecule has 0 radical (unpaired) electrons. The van der Waals surface area contributed by atoms with Crippen LogP contribution in [0.15, 0.2) is 40.6 Å². The second-order valence-corrected chi connectivity index (χ2v) is 9.39. The van der Waals surface area contributed by atoms with Crippen molar-refractivity contribution in [3.8, 4) is 0 Å². The second-order valence-electron chi connectivity index (χ2n) is 6.21. The van der Waals surface area contributed by atoms with Gasteiger partial charge < -0.3 is 16.0 Å². The van der Waals surface area contributed by atoms with Crippen LogP contribution in [-0.4, -0.2) is 51.7 Å². The van der Waals surface area contributed by atoms with Crippen molar-refractivity contribution in [3.63, 3.8) is 0 Å². The number of sulfonamides is 1. The summed E-state index contributed by atoms with van der Waals surface area (Å²) in [5.41, 5.74) is 0.753. The summed E-state index contributed by atoms with van der Waals surface area (Å²) in [6.07, 6.45) is 0. The highest BCUT2D eigenvalue weighted by Gasteiger charge is 2.20. The van der Waals surface area contributed by atoms with Gasteiger partial charge in [-0.25, -0.2) is 12.7 Å². The molecule has 0 bridgehead atoms. The number of hydrogen-bond donors (Lipinski definition) is 3. The van der Waals surface area contributed by atoms with E-state index in [1.54, 1.807) is 17.4 Å². The van der Waals surface area contributed by atoms with Gasteiger partial charge in [0.25, 0.3) is 5.91 Å². The van der Waals surface area contributed by atoms with Crippen LogP contribution in [0.4, 0.5) is 5.69 Å². The first kappa shape index (κ1) is 21.9. The van der Waals surface area contributed by atoms with E-state index < -0.39 is 15.9 Å². The Morgan fingerprint density at radius 1 is 1.11 bits per heavy atom. The van der Waals surface area contributed by atoms with E-state index in [0.29, 0.717) is 18.8 Å². The van der Waals surface area contributed by atoms with E-state index in [2.05, 4.69) is 16.0 Å². The summed E-state index contributed by atoms with van der Waals surface area (Å²) < 4.78 is 26.2. The normalized spacial score (nSPS) is 11.3. The average molecular weight is 425 g/mol. The standard InChI is InChI=1S/C18H24N4O4S2/c1-13(23)19-6-7-20-18(24)14-9-15(21-12-16-5-4-8-27-16)11-17(10-14)28(25,26)22(2)3/h4-5,8-11,21H,6-7,12H2,1-3H3,(H,19,23)(H,20,24). The number of nitrogens with one attached hydrogen (secondary N) is 3. The summed E-state index contributed by atoms with van der Waals surface area (Å²) in [5, 5.41) is 10.4. The molecule has 1 aromatic carbocycles. The first-order chi connectivity index (χ1) is 13.2. The maximum Gasteiger partial charge on any atom is 0.251 e. The maximum atomic E-state index is 12.5. The van der Waals surface area contributed by atoms with Crippen LogP contribution < -0.4 is 16.0 Å². The smallest absolute Gasteiger partial charge is 0.251 e. The second kappa shape index (κ2) is 9.67. The van der Waals surface area contributed by atoms with Crippen molar-refractivity contribution in [2.75, 3.05) is 32.5 Å². The zero-order valence-electron chi connectivity index (χ0n) is 16.0. The summed E-state index contributed by atoms with van der Waals surface area (Å²) in [6, 6.07) is 8.36. The van der Waals surface area contributed by atoms with Crippen molar-refractivity contribution < 1.29 is 18.0 Å². The fraction of sp³-hybridized carbons (Fsp3) is 0.333. The summed E-state index contributed by atoms with van der Waals surface area (Å²) in [7, 11) is -0.828. The molecular formula is C18H24N4O4S2. The van der Waals surface area contributed by atoms with Crippen LogP contribution in [0.1, 0.15) is 22.2 Å². The first-order valence-electron chi connectivity index (χ1n) is 8.56. The number of rotatable bonds is 9. The molecule has 2 amide bonds. The molecule has 10 heteroatoms. The molecule has 0 atom stereocenters. The van der Waals surface area contributed by atoms with Crippen molar-refractivity contribution in [1.82, 2.24) is 14.9 Å². The number of carbonyl (C=O) groups is 2. The fourth-order valence-corrected chi connectivity index (χ4v) is 3.93. The molecule has 0 aliphatic rings. The molecule has 3 N–H and O–H groups in total. The predicted octanol–water partition coefficient (Wildman–Crippen LogP) is 1.48. The Kier molecular flexibility index (Phi) is 7.55. The number of thiophene rings is 1. The minimum Gasteiger partial charge on any atom is -0.380 e. The van der Waals surface area contributed by atoms with Crippen LogP contribution in [0, 0.1) is 0 Å². The lowest BCUT2D eigenvalue weighted by molar-refractivity contribution is -0.118. The lowest BCUT2D eigenvalue weighted by Gasteiger charge is -2.15. The summed E-state index contributed by atoms with van der Waals surface area (Å²) in [4.78, 5) is 24.5. The van der Waals surface area contributed by atoms with E-state index in [0.717, 1.165) is 9.18 Å². The van der Waals surface area contributed by atoms with Crippen LogP contribution in [0.5, 0.6) is 0 Å². The van der Waals surface area contributed by atoms with Gasteiger partial charge in [-0.15, -0.1) is 11.3 Å². The summed E-state index contributed by atoms with van der Waals surface area (Å²) >= 11 is 1.58. The van der Waals surface area contributed by atoms with Crippen molar-refractivity contribution in [2.45, 2.75) is 18.4 Å². The van der Waals surface area contributed by atoms with Crippen LogP contribution in [0.2, 0.25) is 0 Å². The minimum absolute atomic E-state index is 0.0284. The largest absolute Gasteiger partial charge is 0.380 e. The van der Waals surface area contributed by atoms with E-state index in [9.17, 15) is 18.0 Å². The molecule has 0 fully saturated rings. The average Bonchev–Trinajstić information content (AvgIpc) is 3.16. The lowest BCUT2D eigenvalue weighted by Crippen LogP contribution is -2.33. The van der Waals surface area contributed by atoms with Gasteiger partial charge in [-0.2, -0.15) is 0 Å². The van der Waals surface area contributed by atoms with Crippen molar-refractivity contribution in [1.29, 1.82) is 0 Å².